The third-order valence-electron chi connectivity index (χ3n) is 3.58. The molecule has 0 spiro atoms. The van der Waals surface area contributed by atoms with Crippen LogP contribution in [0.1, 0.15) is 0 Å². The van der Waals surface area contributed by atoms with Gasteiger partial charge in [-0.3, -0.25) is 0 Å². The van der Waals surface area contributed by atoms with Crippen LogP contribution < -0.4 is 5.32 Å². The molecule has 0 aromatic carbocycles. The van der Waals surface area contributed by atoms with Gasteiger partial charge in [0.15, 0.2) is 0 Å². The summed E-state index contributed by atoms with van der Waals surface area (Å²) in [4.78, 5) is 0. The molecule has 3 aliphatic heterocycles. The van der Waals surface area contributed by atoms with Crippen LogP contribution in [0.25, 0.3) is 0 Å². The van der Waals surface area contributed by atoms with Gasteiger partial charge in [-0.25, -0.2) is 10.0 Å². The molecule has 98 valence electrons. The minimum absolute atomic E-state index is 0.664. The lowest BCUT2D eigenvalue weighted by Crippen LogP contribution is -2.60. The van der Waals surface area contributed by atoms with Crippen molar-refractivity contribution in [2.75, 3.05) is 54.9 Å². The number of thioether (sulfide) groups is 3. The summed E-state index contributed by atoms with van der Waals surface area (Å²) in [6, 6.07) is 0.712. The van der Waals surface area contributed by atoms with Crippen molar-refractivity contribution >= 4 is 35.3 Å². The normalized spacial score (nSPS) is 37.4. The first-order valence-corrected chi connectivity index (χ1v) is 9.83. The van der Waals surface area contributed by atoms with Crippen LogP contribution in [0.3, 0.4) is 0 Å². The van der Waals surface area contributed by atoms with E-state index < -0.39 is 0 Å². The predicted molar refractivity (Wildman–Crippen MR) is 81.0 cm³/mol. The van der Waals surface area contributed by atoms with E-state index in [1.54, 1.807) is 0 Å². The number of hydrogen-bond donors (Lipinski definition) is 1. The summed E-state index contributed by atoms with van der Waals surface area (Å²) in [5, 5.41) is 9.65. The Hall–Kier alpha value is 0.930. The third kappa shape index (κ3) is 3.09. The fourth-order valence-corrected chi connectivity index (χ4v) is 5.99. The van der Waals surface area contributed by atoms with Crippen LogP contribution >= 0.6 is 35.3 Å². The molecule has 2 atom stereocenters. The smallest absolute Gasteiger partial charge is 0.0712 e. The van der Waals surface area contributed by atoms with Crippen molar-refractivity contribution in [3.05, 3.63) is 0 Å². The van der Waals surface area contributed by atoms with Crippen molar-refractivity contribution in [3.8, 4) is 0 Å². The molecule has 0 amide bonds. The molecule has 3 rings (SSSR count). The van der Waals surface area contributed by atoms with Crippen LogP contribution in [0.2, 0.25) is 0 Å². The molecule has 17 heavy (non-hydrogen) atoms. The number of hydrazine groups is 1. The highest BCUT2D eigenvalue weighted by atomic mass is 32.2. The van der Waals surface area contributed by atoms with E-state index >= 15 is 0 Å². The van der Waals surface area contributed by atoms with Gasteiger partial charge >= 0.3 is 0 Å². The van der Waals surface area contributed by atoms with Crippen LogP contribution in [0.15, 0.2) is 0 Å². The average Bonchev–Trinajstić information content (AvgIpc) is 2.94. The summed E-state index contributed by atoms with van der Waals surface area (Å²) >= 11 is 6.35. The summed E-state index contributed by atoms with van der Waals surface area (Å²) in [5.74, 6) is 6.50. The Morgan fingerprint density at radius 2 is 1.76 bits per heavy atom. The zero-order chi connectivity index (χ0) is 11.5. The molecule has 3 fully saturated rings. The summed E-state index contributed by atoms with van der Waals surface area (Å²) in [6.45, 7) is 4.95. The van der Waals surface area contributed by atoms with Crippen LogP contribution in [-0.4, -0.2) is 76.4 Å². The van der Waals surface area contributed by atoms with Gasteiger partial charge < -0.3 is 5.32 Å². The molecule has 0 aliphatic carbocycles. The minimum atomic E-state index is 0.664. The Kier molecular flexibility index (Phi) is 4.86. The Morgan fingerprint density at radius 1 is 0.941 bits per heavy atom. The summed E-state index contributed by atoms with van der Waals surface area (Å²) in [6.07, 6.45) is 0. The fourth-order valence-electron chi connectivity index (χ4n) is 2.71. The highest BCUT2D eigenvalue weighted by Crippen LogP contribution is 2.29. The van der Waals surface area contributed by atoms with E-state index in [2.05, 4.69) is 50.6 Å². The SMILES string of the molecule is C1CSC(C2CSCCN2N2CCSCC2)N1. The van der Waals surface area contributed by atoms with Crippen molar-refractivity contribution in [3.63, 3.8) is 0 Å². The molecule has 2 unspecified atom stereocenters. The molecular formula is C11H21N3S3. The quantitative estimate of drug-likeness (QED) is 0.813. The largest absolute Gasteiger partial charge is 0.303 e. The lowest BCUT2D eigenvalue weighted by atomic mass is 10.3. The molecule has 0 bridgehead atoms. The lowest BCUT2D eigenvalue weighted by Gasteiger charge is -2.46. The second-order valence-electron chi connectivity index (χ2n) is 4.62. The van der Waals surface area contributed by atoms with Crippen molar-refractivity contribution in [1.29, 1.82) is 0 Å². The maximum atomic E-state index is 3.67. The Morgan fingerprint density at radius 3 is 2.53 bits per heavy atom. The first kappa shape index (κ1) is 12.9. The van der Waals surface area contributed by atoms with Gasteiger partial charge in [-0.2, -0.15) is 23.5 Å². The standard InChI is InChI=1S/C11H21N3S3/c1-5-17-11(12-1)10-9-16-8-4-14(10)13-2-6-15-7-3-13/h10-12H,1-9H2. The maximum Gasteiger partial charge on any atom is 0.0712 e. The van der Waals surface area contributed by atoms with Gasteiger partial charge in [0.25, 0.3) is 0 Å². The van der Waals surface area contributed by atoms with E-state index in [1.165, 1.54) is 54.9 Å². The van der Waals surface area contributed by atoms with Crippen molar-refractivity contribution in [2.45, 2.75) is 11.4 Å². The van der Waals surface area contributed by atoms with Crippen LogP contribution in [0.4, 0.5) is 0 Å². The predicted octanol–water partition coefficient (Wildman–Crippen LogP) is 1.03. The second kappa shape index (κ2) is 6.39. The third-order valence-corrected chi connectivity index (χ3v) is 6.85. The zero-order valence-electron chi connectivity index (χ0n) is 10.1. The van der Waals surface area contributed by atoms with Crippen molar-refractivity contribution in [2.24, 2.45) is 0 Å². The molecule has 3 saturated heterocycles. The molecule has 3 aliphatic rings. The van der Waals surface area contributed by atoms with Crippen LogP contribution in [-0.2, 0) is 0 Å². The van der Waals surface area contributed by atoms with Gasteiger partial charge in [-0.1, -0.05) is 0 Å². The molecule has 0 radical (unpaired) electrons. The van der Waals surface area contributed by atoms with E-state index in [1.807, 2.05) is 0 Å². The van der Waals surface area contributed by atoms with Gasteiger partial charge in [0.1, 0.15) is 0 Å². The molecule has 1 N–H and O–H groups in total. The van der Waals surface area contributed by atoms with Gasteiger partial charge in [-0.05, 0) is 0 Å². The second-order valence-corrected chi connectivity index (χ2v) is 8.24. The average molecular weight is 292 g/mol. The first-order valence-electron chi connectivity index (χ1n) is 6.47. The van der Waals surface area contributed by atoms with Gasteiger partial charge in [-0.15, -0.1) is 11.8 Å². The molecule has 0 aromatic rings. The number of nitrogens with zero attached hydrogens (tertiary/aromatic N) is 2. The summed E-state index contributed by atoms with van der Waals surface area (Å²) in [5.41, 5.74) is 0. The van der Waals surface area contributed by atoms with Crippen LogP contribution in [0, 0.1) is 0 Å². The van der Waals surface area contributed by atoms with Gasteiger partial charge in [0.05, 0.1) is 11.4 Å². The van der Waals surface area contributed by atoms with Crippen LogP contribution in [0.5, 0.6) is 0 Å². The fraction of sp³-hybridized carbons (Fsp3) is 1.00. The zero-order valence-corrected chi connectivity index (χ0v) is 12.6. The molecule has 0 aromatic heterocycles. The van der Waals surface area contributed by atoms with Crippen molar-refractivity contribution in [1.82, 2.24) is 15.3 Å². The monoisotopic (exact) mass is 291 g/mol. The van der Waals surface area contributed by atoms with E-state index in [-0.39, 0.29) is 0 Å². The molecule has 6 heteroatoms. The maximum absolute atomic E-state index is 3.67. The molecular weight excluding hydrogens is 270 g/mol. The van der Waals surface area contributed by atoms with Gasteiger partial charge in [0, 0.05) is 54.9 Å². The number of nitrogens with one attached hydrogen (secondary N) is 1. The number of hydrogen-bond acceptors (Lipinski definition) is 6. The van der Waals surface area contributed by atoms with E-state index in [4.69, 9.17) is 0 Å². The number of rotatable bonds is 2. The van der Waals surface area contributed by atoms with Crippen molar-refractivity contribution < 1.29 is 0 Å². The molecule has 3 heterocycles. The summed E-state index contributed by atoms with van der Waals surface area (Å²) < 4.78 is 0. The first-order chi connectivity index (χ1) is 8.45. The topological polar surface area (TPSA) is 18.5 Å². The van der Waals surface area contributed by atoms with E-state index in [0.29, 0.717) is 11.4 Å². The Bertz CT molecular complexity index is 242. The lowest BCUT2D eigenvalue weighted by molar-refractivity contribution is -0.0462. The van der Waals surface area contributed by atoms with E-state index in [9.17, 15) is 0 Å². The summed E-state index contributed by atoms with van der Waals surface area (Å²) in [7, 11) is 0. The molecule has 0 saturated carbocycles. The van der Waals surface area contributed by atoms with Gasteiger partial charge in [0.2, 0.25) is 0 Å². The molecule has 3 nitrogen and oxygen atoms in total. The highest BCUT2D eigenvalue weighted by molar-refractivity contribution is 8.00. The Labute approximate surface area is 117 Å². The minimum Gasteiger partial charge on any atom is -0.303 e. The Balaban J connectivity index is 1.65. The van der Waals surface area contributed by atoms with E-state index in [0.717, 1.165) is 0 Å². The highest BCUT2D eigenvalue weighted by Gasteiger charge is 2.35.